The van der Waals surface area contributed by atoms with Crippen molar-refractivity contribution in [1.29, 1.82) is 0 Å². The van der Waals surface area contributed by atoms with Gasteiger partial charge in [-0.1, -0.05) is 11.6 Å². The smallest absolute Gasteiger partial charge is 0.256 e. The zero-order chi connectivity index (χ0) is 14.1. The number of nitrogen functional groups attached to an aromatic ring is 1. The van der Waals surface area contributed by atoms with Gasteiger partial charge in [-0.05, 0) is 43.2 Å². The molecule has 20 heavy (non-hydrogen) atoms. The van der Waals surface area contributed by atoms with Crippen molar-refractivity contribution in [2.24, 2.45) is 0 Å². The molecule has 0 spiro atoms. The zero-order valence-electron chi connectivity index (χ0n) is 10.9. The normalized spacial score (nSPS) is 14.2. The van der Waals surface area contributed by atoms with Gasteiger partial charge in [0.25, 0.3) is 5.91 Å². The van der Waals surface area contributed by atoms with E-state index in [0.717, 1.165) is 18.6 Å². The van der Waals surface area contributed by atoms with Gasteiger partial charge < -0.3 is 15.1 Å². The van der Waals surface area contributed by atoms with Crippen LogP contribution in [0.15, 0.2) is 41.0 Å². The van der Waals surface area contributed by atoms with Crippen molar-refractivity contribution in [3.63, 3.8) is 0 Å². The van der Waals surface area contributed by atoms with E-state index in [0.29, 0.717) is 22.8 Å². The first-order valence-corrected chi connectivity index (χ1v) is 6.91. The number of halogens is 1. The maximum Gasteiger partial charge on any atom is 0.256 e. The predicted molar refractivity (Wildman–Crippen MR) is 77.5 cm³/mol. The Morgan fingerprint density at radius 1 is 1.40 bits per heavy atom. The number of carbonyl (C=O) groups is 1. The molecule has 1 aliphatic carbocycles. The Hall–Kier alpha value is -1.94. The van der Waals surface area contributed by atoms with Gasteiger partial charge in [-0.3, -0.25) is 4.79 Å². The highest BCUT2D eigenvalue weighted by Gasteiger charge is 2.34. The first kappa shape index (κ1) is 13.1. The summed E-state index contributed by atoms with van der Waals surface area (Å²) in [7, 11) is 0. The van der Waals surface area contributed by atoms with Crippen molar-refractivity contribution in [1.82, 2.24) is 4.90 Å². The number of hydrogen-bond acceptors (Lipinski definition) is 3. The summed E-state index contributed by atoms with van der Waals surface area (Å²) in [6.07, 6.45) is 3.65. The van der Waals surface area contributed by atoms with Crippen LogP contribution in [0, 0.1) is 0 Å². The lowest BCUT2D eigenvalue weighted by atomic mass is 10.1. The van der Waals surface area contributed by atoms with E-state index in [1.165, 1.54) is 0 Å². The number of benzene rings is 1. The van der Waals surface area contributed by atoms with Gasteiger partial charge in [-0.2, -0.15) is 0 Å². The molecule has 1 aromatic carbocycles. The molecule has 0 saturated heterocycles. The Morgan fingerprint density at radius 2 is 2.20 bits per heavy atom. The van der Waals surface area contributed by atoms with Crippen LogP contribution in [0.2, 0.25) is 5.02 Å². The van der Waals surface area contributed by atoms with Gasteiger partial charge in [0.2, 0.25) is 0 Å². The monoisotopic (exact) mass is 290 g/mol. The maximum atomic E-state index is 12.7. The molecule has 4 nitrogen and oxygen atoms in total. The maximum absolute atomic E-state index is 12.7. The highest BCUT2D eigenvalue weighted by Crippen LogP contribution is 2.31. The van der Waals surface area contributed by atoms with E-state index in [1.54, 1.807) is 29.4 Å². The van der Waals surface area contributed by atoms with Gasteiger partial charge in [0.15, 0.2) is 0 Å². The Labute approximate surface area is 122 Å². The molecule has 1 saturated carbocycles. The Morgan fingerprint density at radius 3 is 2.85 bits per heavy atom. The second kappa shape index (κ2) is 5.21. The van der Waals surface area contributed by atoms with E-state index in [2.05, 4.69) is 0 Å². The predicted octanol–water partition coefficient (Wildman–Crippen LogP) is 3.32. The van der Waals surface area contributed by atoms with E-state index in [9.17, 15) is 4.79 Å². The molecule has 2 N–H and O–H groups in total. The van der Waals surface area contributed by atoms with Crippen LogP contribution in [-0.2, 0) is 6.54 Å². The number of amides is 1. The lowest BCUT2D eigenvalue weighted by Gasteiger charge is -2.22. The number of furan rings is 1. The molecule has 104 valence electrons. The molecule has 0 unspecified atom stereocenters. The summed E-state index contributed by atoms with van der Waals surface area (Å²) in [5, 5.41) is 0.510. The fraction of sp³-hybridized carbons (Fsp3) is 0.267. The lowest BCUT2D eigenvalue weighted by molar-refractivity contribution is 0.0718. The van der Waals surface area contributed by atoms with E-state index in [4.69, 9.17) is 21.8 Å². The molecule has 1 heterocycles. The summed E-state index contributed by atoms with van der Waals surface area (Å²) in [5.41, 5.74) is 6.80. The third-order valence-corrected chi connectivity index (χ3v) is 3.64. The van der Waals surface area contributed by atoms with Crippen LogP contribution in [0.5, 0.6) is 0 Å². The molecule has 5 heteroatoms. The molecular weight excluding hydrogens is 276 g/mol. The van der Waals surface area contributed by atoms with Crippen molar-refractivity contribution >= 4 is 23.2 Å². The number of anilines is 1. The number of rotatable bonds is 4. The molecule has 2 aromatic rings. The van der Waals surface area contributed by atoms with E-state index < -0.39 is 0 Å². The average Bonchev–Trinajstić information content (AvgIpc) is 3.15. The topological polar surface area (TPSA) is 59.5 Å². The molecule has 0 aliphatic heterocycles. The standard InChI is InChI=1S/C15H15ClN2O2/c16-10-3-6-14(17)13(8-10)15(19)18(11-4-5-11)9-12-2-1-7-20-12/h1-3,6-8,11H,4-5,9,17H2. The minimum atomic E-state index is -0.0936. The Balaban J connectivity index is 1.87. The van der Waals surface area contributed by atoms with Crippen LogP contribution in [0.25, 0.3) is 0 Å². The van der Waals surface area contributed by atoms with Gasteiger partial charge in [0, 0.05) is 16.8 Å². The summed E-state index contributed by atoms with van der Waals surface area (Å²) in [4.78, 5) is 14.5. The van der Waals surface area contributed by atoms with Crippen molar-refractivity contribution in [3.8, 4) is 0 Å². The van der Waals surface area contributed by atoms with E-state index >= 15 is 0 Å². The van der Waals surface area contributed by atoms with E-state index in [1.807, 2.05) is 12.1 Å². The van der Waals surface area contributed by atoms with Crippen LogP contribution < -0.4 is 5.73 Å². The summed E-state index contributed by atoms with van der Waals surface area (Å²) in [6, 6.07) is 8.92. The van der Waals surface area contributed by atoms with Crippen molar-refractivity contribution in [3.05, 3.63) is 52.9 Å². The third kappa shape index (κ3) is 2.65. The number of nitrogens with zero attached hydrogens (tertiary/aromatic N) is 1. The zero-order valence-corrected chi connectivity index (χ0v) is 11.6. The molecule has 0 radical (unpaired) electrons. The molecule has 0 atom stereocenters. The van der Waals surface area contributed by atoms with Gasteiger partial charge in [-0.15, -0.1) is 0 Å². The highest BCUT2D eigenvalue weighted by molar-refractivity contribution is 6.31. The quantitative estimate of drug-likeness (QED) is 0.879. The van der Waals surface area contributed by atoms with Gasteiger partial charge in [0.1, 0.15) is 5.76 Å². The fourth-order valence-corrected chi connectivity index (χ4v) is 2.36. The molecule has 0 bridgehead atoms. The number of hydrogen-bond donors (Lipinski definition) is 1. The van der Waals surface area contributed by atoms with E-state index in [-0.39, 0.29) is 11.9 Å². The number of nitrogens with two attached hydrogens (primary N) is 1. The highest BCUT2D eigenvalue weighted by atomic mass is 35.5. The molecular formula is C15H15ClN2O2. The number of carbonyl (C=O) groups excluding carboxylic acids is 1. The second-order valence-electron chi connectivity index (χ2n) is 4.98. The van der Waals surface area contributed by atoms with Crippen molar-refractivity contribution in [2.45, 2.75) is 25.4 Å². The first-order valence-electron chi connectivity index (χ1n) is 6.53. The van der Waals surface area contributed by atoms with Gasteiger partial charge in [0.05, 0.1) is 18.4 Å². The average molecular weight is 291 g/mol. The summed E-state index contributed by atoms with van der Waals surface area (Å²) >= 11 is 5.96. The molecule has 1 amide bonds. The minimum Gasteiger partial charge on any atom is -0.467 e. The van der Waals surface area contributed by atoms with Crippen molar-refractivity contribution < 1.29 is 9.21 Å². The third-order valence-electron chi connectivity index (χ3n) is 3.40. The van der Waals surface area contributed by atoms with Crippen LogP contribution >= 0.6 is 11.6 Å². The summed E-state index contributed by atoms with van der Waals surface area (Å²) < 4.78 is 5.33. The molecule has 1 aliphatic rings. The largest absolute Gasteiger partial charge is 0.467 e. The summed E-state index contributed by atoms with van der Waals surface area (Å²) in [6.45, 7) is 0.461. The Bertz CT molecular complexity index is 621. The molecule has 1 aromatic heterocycles. The van der Waals surface area contributed by atoms with Crippen molar-refractivity contribution in [2.75, 3.05) is 5.73 Å². The lowest BCUT2D eigenvalue weighted by Crippen LogP contribution is -2.33. The molecule has 3 rings (SSSR count). The Kier molecular flexibility index (Phi) is 3.40. The van der Waals surface area contributed by atoms with Crippen LogP contribution in [-0.4, -0.2) is 16.8 Å². The summed E-state index contributed by atoms with van der Waals surface area (Å²) in [5.74, 6) is 0.676. The van der Waals surface area contributed by atoms with Gasteiger partial charge in [-0.25, -0.2) is 0 Å². The van der Waals surface area contributed by atoms with Crippen LogP contribution in [0.1, 0.15) is 29.0 Å². The SMILES string of the molecule is Nc1ccc(Cl)cc1C(=O)N(Cc1ccco1)C1CC1. The van der Waals surface area contributed by atoms with Crippen LogP contribution in [0.3, 0.4) is 0 Å². The fourth-order valence-electron chi connectivity index (χ4n) is 2.19. The second-order valence-corrected chi connectivity index (χ2v) is 5.41. The first-order chi connectivity index (χ1) is 9.65. The van der Waals surface area contributed by atoms with Crippen LogP contribution in [0.4, 0.5) is 5.69 Å². The minimum absolute atomic E-state index is 0.0936. The molecule has 1 fully saturated rings. The van der Waals surface area contributed by atoms with Gasteiger partial charge >= 0.3 is 0 Å².